The van der Waals surface area contributed by atoms with Gasteiger partial charge in [-0.05, 0) is 60.9 Å². The van der Waals surface area contributed by atoms with E-state index in [0.717, 1.165) is 33.1 Å². The van der Waals surface area contributed by atoms with Crippen LogP contribution in [-0.2, 0) is 16.8 Å². The molecule has 6 rings (SSSR count). The van der Waals surface area contributed by atoms with Crippen LogP contribution in [0.1, 0.15) is 43.5 Å². The number of fused-ring (bicyclic) bond motifs is 3. The summed E-state index contributed by atoms with van der Waals surface area (Å²) in [5.41, 5.74) is 3.61. The van der Waals surface area contributed by atoms with Crippen LogP contribution in [0.5, 0.6) is 0 Å². The van der Waals surface area contributed by atoms with Gasteiger partial charge in [0.2, 0.25) is 5.91 Å². The Morgan fingerprint density at radius 3 is 2.50 bits per heavy atom. The topological polar surface area (TPSA) is 106 Å². The number of piperidine rings is 1. The average Bonchev–Trinajstić information content (AvgIpc) is 3.61. The van der Waals surface area contributed by atoms with Crippen molar-refractivity contribution in [2.24, 2.45) is 0 Å². The third-order valence-corrected chi connectivity index (χ3v) is 7.10. The first-order valence-electron chi connectivity index (χ1n) is 13.0. The smallest absolute Gasteiger partial charge is 0.226 e. The number of aliphatic hydroxyl groups is 1. The highest BCUT2D eigenvalue weighted by Crippen LogP contribution is 2.34. The molecule has 0 atom stereocenters. The standard InChI is InChI=1S/C29H24N4O3.C2H6/c30-17-19-5-8-21(9-6-19)28-31-18-26(32-28)29(35)11-13-33(14-12-29)27(34)16-20-7-10-25-23(15-20)22-3-1-2-4-24(22)36-25;1-2/h1-10,15,18,35H,11-14,16H2,(H,31,32);1-2H3. The lowest BCUT2D eigenvalue weighted by atomic mass is 9.88. The summed E-state index contributed by atoms with van der Waals surface area (Å²) in [5, 5.41) is 22.4. The molecule has 38 heavy (non-hydrogen) atoms. The maximum Gasteiger partial charge on any atom is 0.226 e. The van der Waals surface area contributed by atoms with Gasteiger partial charge in [0.05, 0.1) is 29.9 Å². The molecule has 0 radical (unpaired) electrons. The molecule has 0 unspecified atom stereocenters. The molecule has 0 saturated carbocycles. The SMILES string of the molecule is CC.N#Cc1ccc(-c2ncc(C3(O)CCN(C(=O)Cc4ccc5oc6ccccc6c5c4)CC3)[nH]2)cc1. The van der Waals surface area contributed by atoms with Crippen LogP contribution >= 0.6 is 0 Å². The number of aromatic amines is 1. The number of furan rings is 1. The number of imidazole rings is 1. The molecule has 5 aromatic rings. The summed E-state index contributed by atoms with van der Waals surface area (Å²) in [5.74, 6) is 0.690. The Bertz CT molecular complexity index is 1620. The molecule has 192 valence electrons. The summed E-state index contributed by atoms with van der Waals surface area (Å²) in [6.45, 7) is 4.94. The summed E-state index contributed by atoms with van der Waals surface area (Å²) < 4.78 is 5.89. The highest BCUT2D eigenvalue weighted by molar-refractivity contribution is 6.05. The van der Waals surface area contributed by atoms with Crippen LogP contribution in [0.4, 0.5) is 0 Å². The zero-order valence-corrected chi connectivity index (χ0v) is 21.6. The molecule has 1 aliphatic heterocycles. The number of hydrogen-bond acceptors (Lipinski definition) is 5. The van der Waals surface area contributed by atoms with E-state index >= 15 is 0 Å². The Morgan fingerprint density at radius 2 is 1.76 bits per heavy atom. The fourth-order valence-electron chi connectivity index (χ4n) is 4.97. The van der Waals surface area contributed by atoms with E-state index in [0.29, 0.717) is 49.4 Å². The molecule has 1 aliphatic rings. The second-order valence-electron chi connectivity index (χ2n) is 9.35. The number of aromatic nitrogens is 2. The highest BCUT2D eigenvalue weighted by Gasteiger charge is 2.37. The van der Waals surface area contributed by atoms with Gasteiger partial charge in [-0.15, -0.1) is 0 Å². The molecule has 0 aliphatic carbocycles. The van der Waals surface area contributed by atoms with Crippen LogP contribution in [0.2, 0.25) is 0 Å². The van der Waals surface area contributed by atoms with Crippen LogP contribution < -0.4 is 0 Å². The highest BCUT2D eigenvalue weighted by atomic mass is 16.3. The van der Waals surface area contributed by atoms with E-state index in [4.69, 9.17) is 9.68 Å². The molecule has 7 heteroatoms. The Kier molecular flexibility index (Phi) is 6.99. The molecule has 0 bridgehead atoms. The molecular formula is C31H30N4O3. The van der Waals surface area contributed by atoms with Crippen molar-refractivity contribution in [3.05, 3.63) is 89.7 Å². The number of H-pyrrole nitrogens is 1. The van der Waals surface area contributed by atoms with Gasteiger partial charge in [0, 0.05) is 29.4 Å². The van der Waals surface area contributed by atoms with Crippen molar-refractivity contribution < 1.29 is 14.3 Å². The first kappa shape index (κ1) is 25.2. The van der Waals surface area contributed by atoms with Crippen LogP contribution in [0.3, 0.4) is 0 Å². The molecule has 2 N–H and O–H groups in total. The van der Waals surface area contributed by atoms with Gasteiger partial charge in [0.1, 0.15) is 22.6 Å². The summed E-state index contributed by atoms with van der Waals surface area (Å²) in [4.78, 5) is 22.6. The average molecular weight is 507 g/mol. The maximum atomic E-state index is 13.1. The lowest BCUT2D eigenvalue weighted by Gasteiger charge is -2.37. The third kappa shape index (κ3) is 4.79. The molecule has 3 aromatic carbocycles. The van der Waals surface area contributed by atoms with Crippen molar-refractivity contribution in [2.75, 3.05) is 13.1 Å². The lowest BCUT2D eigenvalue weighted by Crippen LogP contribution is -2.45. The van der Waals surface area contributed by atoms with Gasteiger partial charge in [-0.25, -0.2) is 4.98 Å². The van der Waals surface area contributed by atoms with Gasteiger partial charge >= 0.3 is 0 Å². The predicted octanol–water partition coefficient (Wildman–Crippen LogP) is 5.93. The van der Waals surface area contributed by atoms with Gasteiger partial charge in [0.25, 0.3) is 0 Å². The zero-order chi connectivity index (χ0) is 26.7. The molecule has 0 spiro atoms. The van der Waals surface area contributed by atoms with Crippen molar-refractivity contribution in [3.8, 4) is 17.5 Å². The number of nitriles is 1. The number of benzene rings is 3. The Morgan fingerprint density at radius 1 is 1.05 bits per heavy atom. The summed E-state index contributed by atoms with van der Waals surface area (Å²) in [7, 11) is 0. The van der Waals surface area contributed by atoms with E-state index in [1.807, 2.05) is 73.3 Å². The minimum absolute atomic E-state index is 0.0482. The number of amides is 1. The number of nitrogens with zero attached hydrogens (tertiary/aromatic N) is 3. The Hall–Kier alpha value is -4.41. The first-order chi connectivity index (χ1) is 18.5. The van der Waals surface area contributed by atoms with Gasteiger partial charge in [-0.1, -0.05) is 38.1 Å². The Labute approximate surface area is 221 Å². The van der Waals surface area contributed by atoms with E-state index in [-0.39, 0.29) is 5.91 Å². The largest absolute Gasteiger partial charge is 0.456 e. The minimum atomic E-state index is -1.07. The number of rotatable bonds is 4. The van der Waals surface area contributed by atoms with Crippen LogP contribution in [0.15, 0.2) is 77.3 Å². The minimum Gasteiger partial charge on any atom is -0.456 e. The van der Waals surface area contributed by atoms with Crippen molar-refractivity contribution >= 4 is 27.8 Å². The molecule has 1 fully saturated rings. The first-order valence-corrected chi connectivity index (χ1v) is 13.0. The molecule has 3 heterocycles. The van der Waals surface area contributed by atoms with Gasteiger partial charge in [-0.2, -0.15) is 5.26 Å². The quantitative estimate of drug-likeness (QED) is 0.314. The molecule has 1 saturated heterocycles. The van der Waals surface area contributed by atoms with E-state index in [1.165, 1.54) is 0 Å². The predicted molar refractivity (Wildman–Crippen MR) is 147 cm³/mol. The third-order valence-electron chi connectivity index (χ3n) is 7.10. The summed E-state index contributed by atoms with van der Waals surface area (Å²) in [6, 6.07) is 23.1. The Balaban J connectivity index is 0.00000144. The van der Waals surface area contributed by atoms with Crippen molar-refractivity contribution in [1.82, 2.24) is 14.9 Å². The number of likely N-dealkylation sites (tertiary alicyclic amines) is 1. The zero-order valence-electron chi connectivity index (χ0n) is 21.6. The number of para-hydroxylation sites is 1. The van der Waals surface area contributed by atoms with E-state index in [1.54, 1.807) is 18.3 Å². The van der Waals surface area contributed by atoms with Crippen molar-refractivity contribution in [2.45, 2.75) is 38.7 Å². The number of nitrogens with one attached hydrogen (secondary N) is 1. The van der Waals surface area contributed by atoms with Crippen LogP contribution in [0.25, 0.3) is 33.3 Å². The van der Waals surface area contributed by atoms with Crippen LogP contribution in [-0.4, -0.2) is 39.0 Å². The van der Waals surface area contributed by atoms with E-state index in [2.05, 4.69) is 16.0 Å². The second-order valence-corrected chi connectivity index (χ2v) is 9.35. The van der Waals surface area contributed by atoms with E-state index in [9.17, 15) is 9.90 Å². The fraction of sp³-hybridized carbons (Fsp3) is 0.258. The normalized spacial score (nSPS) is 14.6. The van der Waals surface area contributed by atoms with Gasteiger partial charge < -0.3 is 19.4 Å². The van der Waals surface area contributed by atoms with Crippen molar-refractivity contribution in [3.63, 3.8) is 0 Å². The summed E-state index contributed by atoms with van der Waals surface area (Å²) >= 11 is 0. The second kappa shape index (κ2) is 10.5. The van der Waals surface area contributed by atoms with E-state index < -0.39 is 5.60 Å². The molecule has 2 aromatic heterocycles. The van der Waals surface area contributed by atoms with Crippen molar-refractivity contribution in [1.29, 1.82) is 5.26 Å². The molecular weight excluding hydrogens is 476 g/mol. The van der Waals surface area contributed by atoms with Crippen LogP contribution in [0, 0.1) is 11.3 Å². The summed E-state index contributed by atoms with van der Waals surface area (Å²) in [6.07, 6.45) is 2.83. The van der Waals surface area contributed by atoms with Gasteiger partial charge in [-0.3, -0.25) is 4.79 Å². The number of carbonyl (C=O) groups is 1. The fourth-order valence-corrected chi connectivity index (χ4v) is 4.97. The lowest BCUT2D eigenvalue weighted by molar-refractivity contribution is -0.135. The molecule has 1 amide bonds. The number of carbonyl (C=O) groups excluding carboxylic acids is 1. The molecule has 7 nitrogen and oxygen atoms in total. The monoisotopic (exact) mass is 506 g/mol. The maximum absolute atomic E-state index is 13.1. The van der Waals surface area contributed by atoms with Gasteiger partial charge in [0.15, 0.2) is 0 Å². The number of hydrogen-bond donors (Lipinski definition) is 2.